The van der Waals surface area contributed by atoms with Gasteiger partial charge in [0.1, 0.15) is 17.6 Å². The third kappa shape index (κ3) is 1.84. The molecule has 1 heterocycles. The van der Waals surface area contributed by atoms with Crippen molar-refractivity contribution < 1.29 is 9.47 Å². The second-order valence-corrected chi connectivity index (χ2v) is 4.66. The van der Waals surface area contributed by atoms with Crippen molar-refractivity contribution in [3.63, 3.8) is 0 Å². The van der Waals surface area contributed by atoms with Gasteiger partial charge in [0.2, 0.25) is 0 Å². The molecule has 0 spiro atoms. The Morgan fingerprint density at radius 3 is 2.83 bits per heavy atom. The van der Waals surface area contributed by atoms with E-state index >= 15 is 0 Å². The van der Waals surface area contributed by atoms with E-state index in [1.54, 1.807) is 7.11 Å². The van der Waals surface area contributed by atoms with Crippen LogP contribution in [0.1, 0.15) is 12.5 Å². The van der Waals surface area contributed by atoms with Crippen molar-refractivity contribution in [2.24, 2.45) is 0 Å². The highest BCUT2D eigenvalue weighted by Crippen LogP contribution is 2.39. The quantitative estimate of drug-likeness (QED) is 0.797. The first kappa shape index (κ1) is 11.1. The SMILES string of the molecule is COc1cccc(-c2cccc3c2OC(C)C3)c1. The van der Waals surface area contributed by atoms with Crippen LogP contribution in [0.2, 0.25) is 0 Å². The summed E-state index contributed by atoms with van der Waals surface area (Å²) in [6, 6.07) is 14.4. The largest absolute Gasteiger partial charge is 0.497 e. The second kappa shape index (κ2) is 4.37. The molecule has 92 valence electrons. The Bertz CT molecular complexity index is 575. The van der Waals surface area contributed by atoms with Gasteiger partial charge in [0.15, 0.2) is 0 Å². The molecule has 0 radical (unpaired) electrons. The fourth-order valence-corrected chi connectivity index (χ4v) is 2.46. The lowest BCUT2D eigenvalue weighted by Crippen LogP contribution is -2.05. The molecular weight excluding hydrogens is 224 g/mol. The van der Waals surface area contributed by atoms with Crippen molar-refractivity contribution in [1.29, 1.82) is 0 Å². The van der Waals surface area contributed by atoms with Crippen LogP contribution in [0.4, 0.5) is 0 Å². The van der Waals surface area contributed by atoms with Crippen molar-refractivity contribution in [2.45, 2.75) is 19.4 Å². The molecule has 3 rings (SSSR count). The van der Waals surface area contributed by atoms with Gasteiger partial charge in [-0.3, -0.25) is 0 Å². The van der Waals surface area contributed by atoms with Gasteiger partial charge in [0, 0.05) is 12.0 Å². The zero-order chi connectivity index (χ0) is 12.5. The summed E-state index contributed by atoms with van der Waals surface area (Å²) in [6.45, 7) is 2.11. The normalized spacial score (nSPS) is 17.1. The van der Waals surface area contributed by atoms with Crippen molar-refractivity contribution in [3.8, 4) is 22.6 Å². The lowest BCUT2D eigenvalue weighted by atomic mass is 10.0. The first-order valence-corrected chi connectivity index (χ1v) is 6.21. The number of fused-ring (bicyclic) bond motifs is 1. The molecule has 1 unspecified atom stereocenters. The average Bonchev–Trinajstić information content (AvgIpc) is 2.78. The van der Waals surface area contributed by atoms with Crippen LogP contribution in [-0.2, 0) is 6.42 Å². The van der Waals surface area contributed by atoms with Gasteiger partial charge in [0.05, 0.1) is 7.11 Å². The van der Waals surface area contributed by atoms with Crippen LogP contribution in [0.3, 0.4) is 0 Å². The summed E-state index contributed by atoms with van der Waals surface area (Å²) in [4.78, 5) is 0. The maximum absolute atomic E-state index is 5.93. The van der Waals surface area contributed by atoms with E-state index in [2.05, 4.69) is 31.2 Å². The van der Waals surface area contributed by atoms with Gasteiger partial charge in [0.25, 0.3) is 0 Å². The Labute approximate surface area is 107 Å². The summed E-state index contributed by atoms with van der Waals surface area (Å²) in [5.74, 6) is 1.90. The van der Waals surface area contributed by atoms with Gasteiger partial charge in [-0.25, -0.2) is 0 Å². The summed E-state index contributed by atoms with van der Waals surface area (Å²) in [5.41, 5.74) is 3.58. The number of ether oxygens (including phenoxy) is 2. The van der Waals surface area contributed by atoms with Crippen molar-refractivity contribution in [1.82, 2.24) is 0 Å². The Morgan fingerprint density at radius 1 is 1.17 bits per heavy atom. The predicted octanol–water partition coefficient (Wildman–Crippen LogP) is 3.69. The molecule has 0 amide bonds. The van der Waals surface area contributed by atoms with E-state index in [9.17, 15) is 0 Å². The molecule has 0 bridgehead atoms. The second-order valence-electron chi connectivity index (χ2n) is 4.66. The minimum atomic E-state index is 0.270. The maximum atomic E-state index is 5.93. The van der Waals surface area contributed by atoms with Gasteiger partial charge in [-0.2, -0.15) is 0 Å². The highest BCUT2D eigenvalue weighted by Gasteiger charge is 2.22. The number of para-hydroxylation sites is 1. The molecule has 2 nitrogen and oxygen atoms in total. The van der Waals surface area contributed by atoms with E-state index in [4.69, 9.17) is 9.47 Å². The van der Waals surface area contributed by atoms with Crippen LogP contribution in [0.5, 0.6) is 11.5 Å². The molecule has 18 heavy (non-hydrogen) atoms. The zero-order valence-electron chi connectivity index (χ0n) is 10.6. The molecule has 0 aliphatic carbocycles. The molecule has 1 atom stereocenters. The molecule has 0 saturated carbocycles. The van der Waals surface area contributed by atoms with Crippen molar-refractivity contribution in [3.05, 3.63) is 48.0 Å². The summed E-state index contributed by atoms with van der Waals surface area (Å²) < 4.78 is 11.2. The molecule has 1 aliphatic rings. The minimum Gasteiger partial charge on any atom is -0.497 e. The van der Waals surface area contributed by atoms with Crippen LogP contribution < -0.4 is 9.47 Å². The lowest BCUT2D eigenvalue weighted by Gasteiger charge is -2.10. The third-order valence-corrected chi connectivity index (χ3v) is 3.30. The third-order valence-electron chi connectivity index (χ3n) is 3.30. The number of hydrogen-bond donors (Lipinski definition) is 0. The topological polar surface area (TPSA) is 18.5 Å². The predicted molar refractivity (Wildman–Crippen MR) is 72.2 cm³/mol. The van der Waals surface area contributed by atoms with Crippen LogP contribution in [0.25, 0.3) is 11.1 Å². The summed E-state index contributed by atoms with van der Waals surface area (Å²) in [5, 5.41) is 0. The zero-order valence-corrected chi connectivity index (χ0v) is 10.6. The fraction of sp³-hybridized carbons (Fsp3) is 0.250. The Morgan fingerprint density at radius 2 is 2.00 bits per heavy atom. The van der Waals surface area contributed by atoms with E-state index in [1.807, 2.05) is 18.2 Å². The average molecular weight is 240 g/mol. The summed E-state index contributed by atoms with van der Waals surface area (Å²) in [7, 11) is 1.69. The van der Waals surface area contributed by atoms with Crippen LogP contribution in [0, 0.1) is 0 Å². The Balaban J connectivity index is 2.10. The first-order valence-electron chi connectivity index (χ1n) is 6.21. The van der Waals surface area contributed by atoms with E-state index < -0.39 is 0 Å². The molecule has 2 aromatic rings. The van der Waals surface area contributed by atoms with E-state index in [0.717, 1.165) is 29.0 Å². The number of hydrogen-bond acceptors (Lipinski definition) is 2. The summed E-state index contributed by atoms with van der Waals surface area (Å²) in [6.07, 6.45) is 1.26. The van der Waals surface area contributed by atoms with Gasteiger partial charge in [-0.1, -0.05) is 30.3 Å². The van der Waals surface area contributed by atoms with E-state index in [-0.39, 0.29) is 6.10 Å². The Kier molecular flexibility index (Phi) is 2.71. The molecule has 0 saturated heterocycles. The van der Waals surface area contributed by atoms with Crippen LogP contribution >= 0.6 is 0 Å². The smallest absolute Gasteiger partial charge is 0.130 e. The standard InChI is InChI=1S/C16H16O2/c1-11-9-13-6-4-8-15(16(13)18-11)12-5-3-7-14(10-12)17-2/h3-8,10-11H,9H2,1-2H3. The highest BCUT2D eigenvalue weighted by atomic mass is 16.5. The van der Waals surface area contributed by atoms with Crippen LogP contribution in [-0.4, -0.2) is 13.2 Å². The molecule has 2 heteroatoms. The van der Waals surface area contributed by atoms with Gasteiger partial charge in [-0.15, -0.1) is 0 Å². The van der Waals surface area contributed by atoms with E-state index in [0.29, 0.717) is 0 Å². The van der Waals surface area contributed by atoms with Gasteiger partial charge < -0.3 is 9.47 Å². The molecule has 1 aliphatic heterocycles. The molecular formula is C16H16O2. The van der Waals surface area contributed by atoms with Crippen molar-refractivity contribution >= 4 is 0 Å². The Hall–Kier alpha value is -1.96. The van der Waals surface area contributed by atoms with Crippen molar-refractivity contribution in [2.75, 3.05) is 7.11 Å². The molecule has 0 aromatic heterocycles. The maximum Gasteiger partial charge on any atom is 0.130 e. The molecule has 2 aromatic carbocycles. The number of rotatable bonds is 2. The minimum absolute atomic E-state index is 0.270. The lowest BCUT2D eigenvalue weighted by molar-refractivity contribution is 0.255. The monoisotopic (exact) mass is 240 g/mol. The summed E-state index contributed by atoms with van der Waals surface area (Å²) >= 11 is 0. The fourth-order valence-electron chi connectivity index (χ4n) is 2.46. The molecule has 0 N–H and O–H groups in total. The molecule has 0 fully saturated rings. The number of methoxy groups -OCH3 is 1. The van der Waals surface area contributed by atoms with Crippen LogP contribution in [0.15, 0.2) is 42.5 Å². The van der Waals surface area contributed by atoms with E-state index in [1.165, 1.54) is 5.56 Å². The number of benzene rings is 2. The highest BCUT2D eigenvalue weighted by molar-refractivity contribution is 5.74. The first-order chi connectivity index (χ1) is 8.78. The van der Waals surface area contributed by atoms with Gasteiger partial charge in [-0.05, 0) is 30.2 Å². The van der Waals surface area contributed by atoms with Gasteiger partial charge >= 0.3 is 0 Å².